The highest BCUT2D eigenvalue weighted by Gasteiger charge is 2.30. The summed E-state index contributed by atoms with van der Waals surface area (Å²) in [5.41, 5.74) is 4.98. The Kier molecular flexibility index (Phi) is 5.48. The number of benzene rings is 2. The standard InChI is InChI=1S/C16H14F3N3O3/c17-16(18,19)10-2-1-3-13(8-10)25-9-14(23)21-11-4-6-12(7-5-11)22-15(20)24/h1-8H,9H2,(H,21,23)(H3,20,22,24). The zero-order valence-electron chi connectivity index (χ0n) is 12.8. The molecule has 2 aromatic carbocycles. The lowest BCUT2D eigenvalue weighted by Crippen LogP contribution is -2.21. The number of primary amides is 1. The van der Waals surface area contributed by atoms with E-state index < -0.39 is 30.3 Å². The molecule has 0 aliphatic heterocycles. The van der Waals surface area contributed by atoms with E-state index in [9.17, 15) is 22.8 Å². The molecule has 0 radical (unpaired) electrons. The molecule has 0 bridgehead atoms. The highest BCUT2D eigenvalue weighted by molar-refractivity contribution is 5.92. The highest BCUT2D eigenvalue weighted by Crippen LogP contribution is 2.31. The molecule has 3 amide bonds. The second-order valence-electron chi connectivity index (χ2n) is 4.93. The van der Waals surface area contributed by atoms with Gasteiger partial charge in [-0.1, -0.05) is 6.07 Å². The summed E-state index contributed by atoms with van der Waals surface area (Å²) in [6, 6.07) is 9.62. The van der Waals surface area contributed by atoms with Crippen LogP contribution in [0.5, 0.6) is 5.75 Å². The van der Waals surface area contributed by atoms with Crippen molar-refractivity contribution in [3.8, 4) is 5.75 Å². The molecule has 0 spiro atoms. The molecule has 0 aromatic heterocycles. The quantitative estimate of drug-likeness (QED) is 0.770. The molecule has 0 saturated carbocycles. The van der Waals surface area contributed by atoms with Crippen LogP contribution in [0.2, 0.25) is 0 Å². The maximum absolute atomic E-state index is 12.6. The summed E-state index contributed by atoms with van der Waals surface area (Å²) in [6.07, 6.45) is -4.48. The molecule has 4 N–H and O–H groups in total. The van der Waals surface area contributed by atoms with Gasteiger partial charge in [0.05, 0.1) is 5.56 Å². The minimum atomic E-state index is -4.48. The van der Waals surface area contributed by atoms with Crippen LogP contribution in [-0.2, 0) is 11.0 Å². The molecule has 6 nitrogen and oxygen atoms in total. The van der Waals surface area contributed by atoms with E-state index in [0.29, 0.717) is 11.4 Å². The number of amides is 3. The third kappa shape index (κ3) is 5.72. The Bertz CT molecular complexity index is 761. The van der Waals surface area contributed by atoms with Gasteiger partial charge < -0.3 is 21.1 Å². The molecule has 0 aliphatic carbocycles. The van der Waals surface area contributed by atoms with E-state index in [1.165, 1.54) is 36.4 Å². The summed E-state index contributed by atoms with van der Waals surface area (Å²) in [4.78, 5) is 22.5. The maximum atomic E-state index is 12.6. The number of ether oxygens (including phenoxy) is 1. The van der Waals surface area contributed by atoms with Gasteiger partial charge in [-0.25, -0.2) is 4.79 Å². The van der Waals surface area contributed by atoms with Gasteiger partial charge in [-0.15, -0.1) is 0 Å². The summed E-state index contributed by atoms with van der Waals surface area (Å²) in [7, 11) is 0. The van der Waals surface area contributed by atoms with Crippen molar-refractivity contribution >= 4 is 23.3 Å². The van der Waals surface area contributed by atoms with Crippen molar-refractivity contribution in [1.29, 1.82) is 0 Å². The van der Waals surface area contributed by atoms with E-state index >= 15 is 0 Å². The third-order valence-electron chi connectivity index (χ3n) is 2.97. The van der Waals surface area contributed by atoms with Crippen LogP contribution in [0.15, 0.2) is 48.5 Å². The number of anilines is 2. The van der Waals surface area contributed by atoms with Crippen molar-refractivity contribution < 1.29 is 27.5 Å². The largest absolute Gasteiger partial charge is 0.484 e. The summed E-state index contributed by atoms with van der Waals surface area (Å²) < 4.78 is 42.9. The Morgan fingerprint density at radius 3 is 2.16 bits per heavy atom. The van der Waals surface area contributed by atoms with Crippen molar-refractivity contribution in [3.63, 3.8) is 0 Å². The van der Waals surface area contributed by atoms with Crippen molar-refractivity contribution in [3.05, 3.63) is 54.1 Å². The average Bonchev–Trinajstić information content (AvgIpc) is 2.54. The van der Waals surface area contributed by atoms with Crippen LogP contribution in [0.25, 0.3) is 0 Å². The Hall–Kier alpha value is -3.23. The molecule has 0 saturated heterocycles. The van der Waals surface area contributed by atoms with E-state index in [2.05, 4.69) is 10.6 Å². The van der Waals surface area contributed by atoms with Crippen LogP contribution in [0, 0.1) is 0 Å². The van der Waals surface area contributed by atoms with Crippen molar-refractivity contribution in [2.45, 2.75) is 6.18 Å². The van der Waals surface area contributed by atoms with Gasteiger partial charge in [0.1, 0.15) is 5.75 Å². The number of hydrogen-bond acceptors (Lipinski definition) is 3. The minimum absolute atomic E-state index is 0.0639. The van der Waals surface area contributed by atoms with Gasteiger partial charge >= 0.3 is 12.2 Å². The first-order valence-corrected chi connectivity index (χ1v) is 7.00. The van der Waals surface area contributed by atoms with E-state index in [4.69, 9.17) is 10.5 Å². The van der Waals surface area contributed by atoms with Gasteiger partial charge in [0.15, 0.2) is 6.61 Å². The Balaban J connectivity index is 1.89. The second kappa shape index (κ2) is 7.56. The number of carbonyl (C=O) groups excluding carboxylic acids is 2. The molecule has 0 fully saturated rings. The first-order valence-electron chi connectivity index (χ1n) is 7.00. The fourth-order valence-corrected chi connectivity index (χ4v) is 1.89. The first kappa shape index (κ1) is 18.1. The Morgan fingerprint density at radius 1 is 1.00 bits per heavy atom. The molecular weight excluding hydrogens is 339 g/mol. The number of carbonyl (C=O) groups is 2. The van der Waals surface area contributed by atoms with E-state index in [-0.39, 0.29) is 5.75 Å². The molecule has 0 unspecified atom stereocenters. The number of rotatable bonds is 5. The Labute approximate surface area is 140 Å². The first-order chi connectivity index (χ1) is 11.7. The molecular formula is C16H14F3N3O3. The third-order valence-corrected chi connectivity index (χ3v) is 2.97. The molecule has 0 heterocycles. The maximum Gasteiger partial charge on any atom is 0.416 e. The summed E-state index contributed by atoms with van der Waals surface area (Å²) in [6.45, 7) is -0.456. The monoisotopic (exact) mass is 353 g/mol. The van der Waals surface area contributed by atoms with Gasteiger partial charge in [-0.05, 0) is 42.5 Å². The topological polar surface area (TPSA) is 93.5 Å². The van der Waals surface area contributed by atoms with E-state index in [1.54, 1.807) is 0 Å². The van der Waals surface area contributed by atoms with Crippen LogP contribution in [0.3, 0.4) is 0 Å². The van der Waals surface area contributed by atoms with Crippen LogP contribution < -0.4 is 21.1 Å². The number of halogens is 3. The van der Waals surface area contributed by atoms with Crippen molar-refractivity contribution in [2.75, 3.05) is 17.2 Å². The van der Waals surface area contributed by atoms with Crippen LogP contribution in [0.1, 0.15) is 5.56 Å². The number of nitrogens with one attached hydrogen (secondary N) is 2. The fraction of sp³-hybridized carbons (Fsp3) is 0.125. The second-order valence-corrected chi connectivity index (χ2v) is 4.93. The lowest BCUT2D eigenvalue weighted by Gasteiger charge is -2.10. The molecule has 0 aliphatic rings. The minimum Gasteiger partial charge on any atom is -0.484 e. The molecule has 9 heteroatoms. The molecule has 25 heavy (non-hydrogen) atoms. The smallest absolute Gasteiger partial charge is 0.416 e. The van der Waals surface area contributed by atoms with Crippen molar-refractivity contribution in [2.24, 2.45) is 5.73 Å². The summed E-state index contributed by atoms with van der Waals surface area (Å²) >= 11 is 0. The van der Waals surface area contributed by atoms with Gasteiger partial charge in [0, 0.05) is 11.4 Å². The van der Waals surface area contributed by atoms with E-state index in [0.717, 1.165) is 12.1 Å². The lowest BCUT2D eigenvalue weighted by atomic mass is 10.2. The summed E-state index contributed by atoms with van der Waals surface area (Å²) in [5, 5.41) is 4.87. The molecule has 0 atom stereocenters. The Morgan fingerprint density at radius 2 is 1.60 bits per heavy atom. The fourth-order valence-electron chi connectivity index (χ4n) is 1.89. The molecule has 2 rings (SSSR count). The van der Waals surface area contributed by atoms with Crippen molar-refractivity contribution in [1.82, 2.24) is 0 Å². The number of urea groups is 1. The predicted molar refractivity (Wildman–Crippen MR) is 85.2 cm³/mol. The van der Waals surface area contributed by atoms with Gasteiger partial charge in [0.25, 0.3) is 5.91 Å². The van der Waals surface area contributed by atoms with Crippen LogP contribution in [-0.4, -0.2) is 18.5 Å². The normalized spacial score (nSPS) is 10.8. The zero-order chi connectivity index (χ0) is 18.4. The van der Waals surface area contributed by atoms with Crippen LogP contribution >= 0.6 is 0 Å². The van der Waals surface area contributed by atoms with E-state index in [1.807, 2.05) is 0 Å². The van der Waals surface area contributed by atoms with Gasteiger partial charge in [-0.2, -0.15) is 13.2 Å². The average molecular weight is 353 g/mol. The van der Waals surface area contributed by atoms with Gasteiger partial charge in [-0.3, -0.25) is 4.79 Å². The molecule has 2 aromatic rings. The number of hydrogen-bond donors (Lipinski definition) is 3. The number of nitrogens with two attached hydrogens (primary N) is 1. The molecule has 132 valence electrons. The lowest BCUT2D eigenvalue weighted by molar-refractivity contribution is -0.137. The highest BCUT2D eigenvalue weighted by atomic mass is 19.4. The van der Waals surface area contributed by atoms with Crippen LogP contribution in [0.4, 0.5) is 29.3 Å². The predicted octanol–water partition coefficient (Wildman–Crippen LogP) is 3.21. The number of alkyl halides is 3. The zero-order valence-corrected chi connectivity index (χ0v) is 12.8. The summed E-state index contributed by atoms with van der Waals surface area (Å²) in [5.74, 6) is -0.612. The van der Waals surface area contributed by atoms with Gasteiger partial charge in [0.2, 0.25) is 0 Å². The SMILES string of the molecule is NC(=O)Nc1ccc(NC(=O)COc2cccc(C(F)(F)F)c2)cc1.